The molecule has 0 aromatic carbocycles. The van der Waals surface area contributed by atoms with Gasteiger partial charge in [-0.1, -0.05) is 0 Å². The first-order valence-electron chi connectivity index (χ1n) is 2.38. The SMILES string of the molecule is C=C[CH2-].OP(O)(O)=S.OP(O)(O)=S.[Zn].[Zn]. The van der Waals surface area contributed by atoms with Crippen molar-refractivity contribution in [3.63, 3.8) is 0 Å². The van der Waals surface area contributed by atoms with E-state index in [0.29, 0.717) is 0 Å². The molecule has 86 valence electrons. The number of hydrogen-bond acceptors (Lipinski definition) is 2. The van der Waals surface area contributed by atoms with E-state index < -0.39 is 13.4 Å². The predicted octanol–water partition coefficient (Wildman–Crippen LogP) is -0.623. The molecule has 0 bridgehead atoms. The molecule has 0 heterocycles. The summed E-state index contributed by atoms with van der Waals surface area (Å²) >= 11 is 7.21. The van der Waals surface area contributed by atoms with E-state index in [1.54, 1.807) is 0 Å². The molecule has 0 aliphatic carbocycles. The Morgan fingerprint density at radius 2 is 0.867 bits per heavy atom. The van der Waals surface area contributed by atoms with Crippen LogP contribution in [0.2, 0.25) is 0 Å². The Kier molecular flexibility index (Phi) is 32.0. The molecule has 0 saturated carbocycles. The van der Waals surface area contributed by atoms with Gasteiger partial charge in [0.15, 0.2) is 0 Å². The minimum atomic E-state index is -3.81. The minimum Gasteiger partial charge on any atom is -0.325 e. The molecule has 12 heteroatoms. The van der Waals surface area contributed by atoms with Crippen LogP contribution in [0.1, 0.15) is 0 Å². The van der Waals surface area contributed by atoms with Crippen molar-refractivity contribution in [3.8, 4) is 0 Å². The van der Waals surface area contributed by atoms with Crippen molar-refractivity contribution >= 4 is 37.1 Å². The van der Waals surface area contributed by atoms with Gasteiger partial charge in [0.1, 0.15) is 0 Å². The van der Waals surface area contributed by atoms with Crippen LogP contribution in [0.3, 0.4) is 0 Å². The zero-order valence-electron chi connectivity index (χ0n) is 7.80. The summed E-state index contributed by atoms with van der Waals surface area (Å²) in [6, 6.07) is 0. The average Bonchev–Trinajstić information content (AvgIpc) is 1.52. The summed E-state index contributed by atoms with van der Waals surface area (Å²) in [6.45, 7) is -1.11. The molecule has 0 saturated heterocycles. The summed E-state index contributed by atoms with van der Waals surface area (Å²) in [7, 11) is 0. The van der Waals surface area contributed by atoms with E-state index in [1.165, 1.54) is 6.08 Å². The quantitative estimate of drug-likeness (QED) is 0.181. The van der Waals surface area contributed by atoms with Crippen molar-refractivity contribution in [1.29, 1.82) is 0 Å². The molecular weight excluding hydrogens is 389 g/mol. The Bertz CT molecular complexity index is 178. The van der Waals surface area contributed by atoms with Crippen LogP contribution in [0, 0.1) is 6.92 Å². The van der Waals surface area contributed by atoms with Gasteiger partial charge in [0.05, 0.1) is 0 Å². The second-order valence-electron chi connectivity index (χ2n) is 1.32. The van der Waals surface area contributed by atoms with Crippen LogP contribution in [0.5, 0.6) is 0 Å². The standard InChI is InChI=1S/C3H5.2H3O3PS.2Zn/c1-3-2;2*1-4(2,3)5;;/h3H,1-2H2;2*(H3,1,2,3,5);;/q-1;;;;. The molecule has 15 heavy (non-hydrogen) atoms. The monoisotopic (exact) mass is 397 g/mol. The van der Waals surface area contributed by atoms with Gasteiger partial charge in [0.2, 0.25) is 0 Å². The molecule has 0 aliphatic rings. The Morgan fingerprint density at radius 1 is 0.867 bits per heavy atom. The van der Waals surface area contributed by atoms with Crippen LogP contribution in [0.15, 0.2) is 12.7 Å². The van der Waals surface area contributed by atoms with Gasteiger partial charge in [-0.05, 0) is 23.6 Å². The third-order valence-electron chi connectivity index (χ3n) is 0. The topological polar surface area (TPSA) is 121 Å². The minimum absolute atomic E-state index is 0. The van der Waals surface area contributed by atoms with E-state index in [1.807, 2.05) is 0 Å². The number of rotatable bonds is 0. The van der Waals surface area contributed by atoms with Gasteiger partial charge >= 0.3 is 13.4 Å². The maximum Gasteiger partial charge on any atom is 0.319 e. The zero-order valence-corrected chi connectivity index (χ0v) is 17.2. The van der Waals surface area contributed by atoms with Gasteiger partial charge in [0.25, 0.3) is 0 Å². The summed E-state index contributed by atoms with van der Waals surface area (Å²) in [5.74, 6) is 0. The summed E-state index contributed by atoms with van der Waals surface area (Å²) in [6.07, 6.45) is 1.50. The third kappa shape index (κ3) is 839. The first-order valence-corrected chi connectivity index (χ1v) is 7.70. The van der Waals surface area contributed by atoms with Crippen molar-refractivity contribution in [2.45, 2.75) is 0 Å². The van der Waals surface area contributed by atoms with Crippen LogP contribution < -0.4 is 0 Å². The summed E-state index contributed by atoms with van der Waals surface area (Å²) in [5, 5.41) is 0. The second kappa shape index (κ2) is 15.9. The summed E-state index contributed by atoms with van der Waals surface area (Å²) in [4.78, 5) is 45.3. The van der Waals surface area contributed by atoms with Crippen LogP contribution in [0.25, 0.3) is 0 Å². The fourth-order valence-corrected chi connectivity index (χ4v) is 0. The molecule has 0 rings (SSSR count). The fourth-order valence-electron chi connectivity index (χ4n) is 0. The molecule has 0 radical (unpaired) electrons. The number of hydrogen-bond donors (Lipinski definition) is 6. The Balaban J connectivity index is -0.0000000322. The van der Waals surface area contributed by atoms with E-state index >= 15 is 0 Å². The maximum absolute atomic E-state index is 7.56. The molecule has 0 unspecified atom stereocenters. The molecule has 0 amide bonds. The van der Waals surface area contributed by atoms with Gasteiger partial charge in [-0.15, -0.1) is 0 Å². The normalized spacial score (nSPS) is 8.67. The van der Waals surface area contributed by atoms with E-state index in [-0.39, 0.29) is 39.0 Å². The fraction of sp³-hybridized carbons (Fsp3) is 0. The molecule has 6 nitrogen and oxygen atoms in total. The van der Waals surface area contributed by atoms with Gasteiger partial charge in [-0.3, -0.25) is 0 Å². The maximum atomic E-state index is 7.56. The smallest absolute Gasteiger partial charge is 0.319 e. The van der Waals surface area contributed by atoms with Crippen molar-refractivity contribution in [2.75, 3.05) is 0 Å². The van der Waals surface area contributed by atoms with Crippen molar-refractivity contribution < 1.29 is 68.3 Å². The molecule has 0 spiro atoms. The zero-order chi connectivity index (χ0) is 11.7. The Labute approximate surface area is 124 Å². The van der Waals surface area contributed by atoms with E-state index in [2.05, 4.69) is 37.1 Å². The van der Waals surface area contributed by atoms with Gasteiger partial charge in [-0.25, -0.2) is 19.6 Å². The van der Waals surface area contributed by atoms with Crippen molar-refractivity contribution in [1.82, 2.24) is 0 Å². The van der Waals surface area contributed by atoms with E-state index in [0.717, 1.165) is 0 Å². The van der Waals surface area contributed by atoms with E-state index in [4.69, 9.17) is 29.4 Å². The van der Waals surface area contributed by atoms with E-state index in [9.17, 15) is 0 Å². The largest absolute Gasteiger partial charge is 0.325 e. The first kappa shape index (κ1) is 30.2. The van der Waals surface area contributed by atoms with Gasteiger partial charge < -0.3 is 29.4 Å². The molecule has 0 atom stereocenters. The molecule has 0 aliphatic heterocycles. The van der Waals surface area contributed by atoms with Crippen molar-refractivity contribution in [2.24, 2.45) is 0 Å². The van der Waals surface area contributed by atoms with Crippen molar-refractivity contribution in [3.05, 3.63) is 19.6 Å². The Morgan fingerprint density at radius 3 is 0.867 bits per heavy atom. The molecule has 6 N–H and O–H groups in total. The summed E-state index contributed by atoms with van der Waals surface area (Å²) in [5.41, 5.74) is 0. The van der Waals surface area contributed by atoms with Crippen LogP contribution in [-0.4, -0.2) is 29.4 Å². The molecule has 0 aromatic heterocycles. The number of allylic oxidation sites excluding steroid dienone is 1. The molecule has 0 fully saturated rings. The van der Waals surface area contributed by atoms with Gasteiger partial charge in [0, 0.05) is 39.0 Å². The predicted molar refractivity (Wildman–Crippen MR) is 57.4 cm³/mol. The molecule has 0 aromatic rings. The van der Waals surface area contributed by atoms with Crippen LogP contribution in [0.4, 0.5) is 0 Å². The van der Waals surface area contributed by atoms with Crippen LogP contribution >= 0.6 is 13.4 Å². The van der Waals surface area contributed by atoms with Crippen LogP contribution in [-0.2, 0) is 62.6 Å². The summed E-state index contributed by atoms with van der Waals surface area (Å²) < 4.78 is 0. The third-order valence-corrected chi connectivity index (χ3v) is 0. The molecular formula is C3H11O6P2S2Zn2-. The average molecular weight is 400 g/mol. The first-order chi connectivity index (χ1) is 5.41. The second-order valence-corrected chi connectivity index (χ2v) is 6.31. The Hall–Kier alpha value is 1.92. The van der Waals surface area contributed by atoms with Gasteiger partial charge in [-0.2, -0.15) is 0 Å².